The highest BCUT2D eigenvalue weighted by molar-refractivity contribution is 7.11. The summed E-state index contributed by atoms with van der Waals surface area (Å²) in [5.74, 6) is -3.06. The van der Waals surface area contributed by atoms with E-state index in [1.807, 2.05) is 4.90 Å². The van der Waals surface area contributed by atoms with E-state index in [1.165, 1.54) is 17.4 Å². The van der Waals surface area contributed by atoms with Crippen LogP contribution in [0.25, 0.3) is 0 Å². The van der Waals surface area contributed by atoms with E-state index in [2.05, 4.69) is 20.3 Å². The van der Waals surface area contributed by atoms with Gasteiger partial charge in [-0.25, -0.2) is 28.5 Å². The Morgan fingerprint density at radius 1 is 1.19 bits per heavy atom. The molecule has 1 saturated heterocycles. The summed E-state index contributed by atoms with van der Waals surface area (Å²) in [7, 11) is 0. The lowest BCUT2D eigenvalue weighted by molar-refractivity contribution is -0.139. The van der Waals surface area contributed by atoms with Crippen molar-refractivity contribution in [1.29, 1.82) is 0 Å². The van der Waals surface area contributed by atoms with Crippen molar-refractivity contribution < 1.29 is 28.2 Å². The zero-order chi connectivity index (χ0) is 29.8. The molecular formula is C28H27ClF2N6O4S. The Bertz CT molecular complexity index is 1530. The minimum Gasteiger partial charge on any atom is -0.481 e. The van der Waals surface area contributed by atoms with E-state index >= 15 is 0 Å². The summed E-state index contributed by atoms with van der Waals surface area (Å²) in [6.45, 7) is 2.93. The van der Waals surface area contributed by atoms with Gasteiger partial charge in [0, 0.05) is 60.7 Å². The number of carboxylic acid groups (broad SMARTS) is 1. The molecule has 0 spiro atoms. The van der Waals surface area contributed by atoms with Crippen molar-refractivity contribution in [3.63, 3.8) is 0 Å². The number of rotatable bonds is 9. The number of halogens is 3. The Hall–Kier alpha value is -3.97. The average molecular weight is 617 g/mol. The monoisotopic (exact) mass is 616 g/mol. The van der Waals surface area contributed by atoms with Gasteiger partial charge in [-0.2, -0.15) is 0 Å². The molecule has 0 amide bonds. The van der Waals surface area contributed by atoms with Crippen LogP contribution in [-0.4, -0.2) is 57.5 Å². The molecule has 0 aliphatic carbocycles. The molecule has 2 aromatic heterocycles. The predicted octanol–water partition coefficient (Wildman–Crippen LogP) is 4.71. The largest absolute Gasteiger partial charge is 0.481 e. The number of amidine groups is 1. The molecule has 0 radical (unpaired) electrons. The molecule has 220 valence electrons. The zero-order valence-corrected chi connectivity index (χ0v) is 24.1. The minimum atomic E-state index is -1.22. The molecule has 1 aromatic carbocycles. The van der Waals surface area contributed by atoms with E-state index in [1.54, 1.807) is 30.9 Å². The molecule has 5 rings (SSSR count). The molecule has 1 atom stereocenters. The van der Waals surface area contributed by atoms with E-state index in [-0.39, 0.29) is 30.1 Å². The van der Waals surface area contributed by atoms with Gasteiger partial charge >= 0.3 is 11.9 Å². The van der Waals surface area contributed by atoms with Gasteiger partial charge in [-0.15, -0.1) is 11.3 Å². The van der Waals surface area contributed by atoms with Crippen LogP contribution in [0.3, 0.4) is 0 Å². The van der Waals surface area contributed by atoms with E-state index in [0.29, 0.717) is 54.8 Å². The first-order chi connectivity index (χ1) is 20.3. The number of benzene rings is 1. The molecule has 4 heterocycles. The predicted molar refractivity (Wildman–Crippen MR) is 152 cm³/mol. The first kappa shape index (κ1) is 29.5. The molecular weight excluding hydrogens is 590 g/mol. The second kappa shape index (κ2) is 12.9. The van der Waals surface area contributed by atoms with Crippen LogP contribution in [0, 0.1) is 17.6 Å². The van der Waals surface area contributed by atoms with Gasteiger partial charge in [-0.1, -0.05) is 17.7 Å². The zero-order valence-electron chi connectivity index (χ0n) is 22.5. The lowest BCUT2D eigenvalue weighted by Crippen LogP contribution is -2.42. The molecule has 10 nitrogen and oxygen atoms in total. The van der Waals surface area contributed by atoms with Crippen LogP contribution in [0.5, 0.6) is 0 Å². The fraction of sp³-hybridized carbons (Fsp3) is 0.357. The van der Waals surface area contributed by atoms with E-state index < -0.39 is 34.6 Å². The lowest BCUT2D eigenvalue weighted by atomic mass is 9.85. The number of ether oxygens (including phenoxy) is 1. The number of carbonyl (C=O) groups excluding carboxylic acids is 1. The molecule has 1 unspecified atom stereocenters. The molecule has 14 heteroatoms. The van der Waals surface area contributed by atoms with Gasteiger partial charge < -0.3 is 20.1 Å². The Balaban J connectivity index is 1.46. The third-order valence-corrected chi connectivity index (χ3v) is 8.23. The third kappa shape index (κ3) is 6.26. The van der Waals surface area contributed by atoms with Gasteiger partial charge in [0.25, 0.3) is 0 Å². The number of hydrogen-bond donors (Lipinski definition) is 2. The Labute approximate surface area is 249 Å². The third-order valence-electron chi connectivity index (χ3n) is 7.07. The van der Waals surface area contributed by atoms with Gasteiger partial charge in [0.1, 0.15) is 6.04 Å². The number of thiazole rings is 1. The summed E-state index contributed by atoms with van der Waals surface area (Å²) < 4.78 is 34.0. The van der Waals surface area contributed by atoms with Crippen LogP contribution in [0.2, 0.25) is 5.02 Å². The number of carboxylic acids is 1. The van der Waals surface area contributed by atoms with Gasteiger partial charge in [0.05, 0.1) is 17.2 Å². The molecule has 0 bridgehead atoms. The number of esters is 1. The van der Waals surface area contributed by atoms with Crippen LogP contribution in [-0.2, 0) is 20.7 Å². The summed E-state index contributed by atoms with van der Waals surface area (Å²) in [4.78, 5) is 44.2. The number of aryl methyl sites for hydroxylation is 1. The molecule has 0 saturated carbocycles. The molecule has 3 aromatic rings. The highest BCUT2D eigenvalue weighted by atomic mass is 35.5. The second-order valence-electron chi connectivity index (χ2n) is 9.70. The van der Waals surface area contributed by atoms with Crippen LogP contribution in [0.4, 0.5) is 14.7 Å². The first-order valence-corrected chi connectivity index (χ1v) is 14.6. The number of nitrogens with zero attached hydrogens (tertiary/aromatic N) is 5. The van der Waals surface area contributed by atoms with Gasteiger partial charge in [-0.05, 0) is 37.8 Å². The SMILES string of the molecule is CCOC(=O)C1=C(C2CCN(c3ncc(CCC(=O)O)cn3)CC2)NC(c2nccs2)=NC1c1ccc(F)c(F)c1Cl. The summed E-state index contributed by atoms with van der Waals surface area (Å²) >= 11 is 7.62. The van der Waals surface area contributed by atoms with Crippen LogP contribution in [0.15, 0.2) is 52.4 Å². The van der Waals surface area contributed by atoms with Crippen molar-refractivity contribution in [2.75, 3.05) is 24.6 Å². The maximum atomic E-state index is 14.6. The molecule has 1 fully saturated rings. The van der Waals surface area contributed by atoms with Crippen LogP contribution in [0.1, 0.15) is 48.4 Å². The number of nitrogens with one attached hydrogen (secondary N) is 1. The molecule has 2 aliphatic rings. The number of aliphatic carboxylic acids is 1. The standard InChI is InChI=1S/C28H27ClF2N6O4S/c1-2-41-27(40)20-23(16-7-10-37(11-8-16)28-33-13-15(14-34-28)3-6-19(38)39)35-25(26-32-9-12-42-26)36-24(20)17-4-5-18(30)22(31)21(17)29/h4-5,9,12-14,16,24H,2-3,6-8,10-11H2,1H3,(H,35,36)(H,38,39). The first-order valence-electron chi connectivity index (χ1n) is 13.3. The van der Waals surface area contributed by atoms with E-state index in [0.717, 1.165) is 11.6 Å². The quantitative estimate of drug-likeness (QED) is 0.259. The maximum absolute atomic E-state index is 14.6. The highest BCUT2D eigenvalue weighted by Gasteiger charge is 2.38. The van der Waals surface area contributed by atoms with E-state index in [9.17, 15) is 18.4 Å². The van der Waals surface area contributed by atoms with Crippen LogP contribution >= 0.6 is 22.9 Å². The number of allylic oxidation sites excluding steroid dienone is 1. The molecule has 2 aliphatic heterocycles. The number of anilines is 1. The average Bonchev–Trinajstić information content (AvgIpc) is 3.54. The summed E-state index contributed by atoms with van der Waals surface area (Å²) in [6, 6.07) is 1.24. The molecule has 2 N–H and O–H groups in total. The van der Waals surface area contributed by atoms with Gasteiger partial charge in [0.2, 0.25) is 5.95 Å². The van der Waals surface area contributed by atoms with Crippen molar-refractivity contribution >= 4 is 46.7 Å². The minimum absolute atomic E-state index is 0.00205. The van der Waals surface area contributed by atoms with Crippen molar-refractivity contribution in [3.05, 3.63) is 80.2 Å². The Morgan fingerprint density at radius 2 is 1.93 bits per heavy atom. The summed E-state index contributed by atoms with van der Waals surface area (Å²) in [5.41, 5.74) is 1.63. The number of piperidine rings is 1. The van der Waals surface area contributed by atoms with Crippen LogP contribution < -0.4 is 10.2 Å². The second-order valence-corrected chi connectivity index (χ2v) is 11.0. The smallest absolute Gasteiger partial charge is 0.338 e. The Kier molecular flexibility index (Phi) is 9.07. The Morgan fingerprint density at radius 3 is 2.57 bits per heavy atom. The van der Waals surface area contributed by atoms with Gasteiger partial charge in [0.15, 0.2) is 22.5 Å². The topological polar surface area (TPSA) is 130 Å². The fourth-order valence-corrected chi connectivity index (χ4v) is 5.85. The maximum Gasteiger partial charge on any atom is 0.338 e. The number of carbonyl (C=O) groups is 2. The summed E-state index contributed by atoms with van der Waals surface area (Å²) in [6.07, 6.45) is 6.46. The lowest BCUT2D eigenvalue weighted by Gasteiger charge is -2.36. The van der Waals surface area contributed by atoms with Gasteiger partial charge in [-0.3, -0.25) is 9.79 Å². The molecule has 42 heavy (non-hydrogen) atoms. The normalized spacial score (nSPS) is 17.6. The number of hydrogen-bond acceptors (Lipinski definition) is 10. The van der Waals surface area contributed by atoms with Crippen molar-refractivity contribution in [2.45, 2.75) is 38.6 Å². The number of aliphatic imine (C=N–C) groups is 1. The van der Waals surface area contributed by atoms with Crippen molar-refractivity contribution in [2.24, 2.45) is 10.9 Å². The fourth-order valence-electron chi connectivity index (χ4n) is 5.01. The van der Waals surface area contributed by atoms with Crippen molar-refractivity contribution in [1.82, 2.24) is 20.3 Å². The summed E-state index contributed by atoms with van der Waals surface area (Å²) in [5, 5.41) is 14.1. The highest BCUT2D eigenvalue weighted by Crippen LogP contribution is 2.41. The number of aromatic nitrogens is 3. The van der Waals surface area contributed by atoms with Crippen molar-refractivity contribution in [3.8, 4) is 0 Å². The van der Waals surface area contributed by atoms with E-state index in [4.69, 9.17) is 26.4 Å².